The summed E-state index contributed by atoms with van der Waals surface area (Å²) in [6.45, 7) is 1.73. The van der Waals surface area contributed by atoms with Gasteiger partial charge in [0.05, 0.1) is 5.69 Å². The minimum Gasteiger partial charge on any atom is -0.358 e. The van der Waals surface area contributed by atoms with Gasteiger partial charge in [0.2, 0.25) is 5.91 Å². The molecule has 0 saturated heterocycles. The number of nitrogens with zero attached hydrogens (tertiary/aromatic N) is 5. The molecule has 0 fully saturated rings. The van der Waals surface area contributed by atoms with Crippen molar-refractivity contribution in [2.45, 2.75) is 6.92 Å². The second-order valence-corrected chi connectivity index (χ2v) is 6.01. The number of rotatable bonds is 5. The molecule has 0 aliphatic carbocycles. The molecule has 0 bridgehead atoms. The van der Waals surface area contributed by atoms with E-state index in [9.17, 15) is 9.59 Å². The van der Waals surface area contributed by atoms with E-state index in [-0.39, 0.29) is 18.4 Å². The molecule has 3 rings (SSSR count). The van der Waals surface area contributed by atoms with Gasteiger partial charge < -0.3 is 5.32 Å². The van der Waals surface area contributed by atoms with E-state index in [4.69, 9.17) is 6.42 Å². The largest absolute Gasteiger partial charge is 0.358 e. The Labute approximate surface area is 162 Å². The van der Waals surface area contributed by atoms with Crippen LogP contribution in [0.2, 0.25) is 0 Å². The summed E-state index contributed by atoms with van der Waals surface area (Å²) >= 11 is 0. The fraction of sp³-hybridized carbons (Fsp3) is 0.150. The number of terminal acetylenes is 1. The highest BCUT2D eigenvalue weighted by Crippen LogP contribution is 2.21. The molecular formula is C20H18N6O2. The van der Waals surface area contributed by atoms with Gasteiger partial charge in [0.15, 0.2) is 0 Å². The summed E-state index contributed by atoms with van der Waals surface area (Å²) in [5, 5.41) is 13.6. The molecule has 0 aliphatic heterocycles. The molecular weight excluding hydrogens is 356 g/mol. The summed E-state index contributed by atoms with van der Waals surface area (Å²) in [7, 11) is 1.52. The lowest BCUT2D eigenvalue weighted by Gasteiger charge is -2.23. The van der Waals surface area contributed by atoms with Gasteiger partial charge in [-0.15, -0.1) is 11.5 Å². The van der Waals surface area contributed by atoms with Crippen LogP contribution < -0.4 is 10.2 Å². The van der Waals surface area contributed by atoms with E-state index < -0.39 is 0 Å². The van der Waals surface area contributed by atoms with Crippen LogP contribution in [0.15, 0.2) is 48.8 Å². The Morgan fingerprint density at radius 3 is 2.71 bits per heavy atom. The highest BCUT2D eigenvalue weighted by molar-refractivity contribution is 6.09. The number of anilines is 1. The highest BCUT2D eigenvalue weighted by atomic mass is 16.2. The van der Waals surface area contributed by atoms with Crippen molar-refractivity contribution in [1.82, 2.24) is 25.5 Å². The molecule has 0 radical (unpaired) electrons. The second-order valence-electron chi connectivity index (χ2n) is 6.01. The first-order valence-corrected chi connectivity index (χ1v) is 8.46. The van der Waals surface area contributed by atoms with E-state index >= 15 is 0 Å². The van der Waals surface area contributed by atoms with Crippen LogP contribution in [0.25, 0.3) is 5.69 Å². The Kier molecular flexibility index (Phi) is 5.46. The molecule has 140 valence electrons. The third-order valence-corrected chi connectivity index (χ3v) is 4.19. The summed E-state index contributed by atoms with van der Waals surface area (Å²) < 4.78 is 1.52. The van der Waals surface area contributed by atoms with Crippen molar-refractivity contribution < 1.29 is 9.59 Å². The third kappa shape index (κ3) is 3.88. The van der Waals surface area contributed by atoms with Crippen LogP contribution in [-0.2, 0) is 4.79 Å². The normalized spacial score (nSPS) is 10.2. The van der Waals surface area contributed by atoms with E-state index in [1.807, 2.05) is 6.92 Å². The van der Waals surface area contributed by atoms with Gasteiger partial charge in [-0.25, -0.2) is 4.68 Å². The fourth-order valence-corrected chi connectivity index (χ4v) is 2.74. The zero-order valence-electron chi connectivity index (χ0n) is 15.5. The number of carbonyl (C=O) groups excluding carboxylic acids is 2. The number of likely N-dealkylation sites (N-methyl/N-ethyl adjacent to an activating group) is 1. The second kappa shape index (κ2) is 8.14. The monoisotopic (exact) mass is 374 g/mol. The zero-order chi connectivity index (χ0) is 20.1. The lowest BCUT2D eigenvalue weighted by atomic mass is 10.1. The van der Waals surface area contributed by atoms with Crippen molar-refractivity contribution in [3.8, 4) is 18.0 Å². The molecule has 8 heteroatoms. The van der Waals surface area contributed by atoms with Crippen LogP contribution >= 0.6 is 0 Å². The van der Waals surface area contributed by atoms with Gasteiger partial charge in [-0.2, -0.15) is 0 Å². The van der Waals surface area contributed by atoms with E-state index in [1.54, 1.807) is 42.5 Å². The minimum absolute atomic E-state index is 0.128. The maximum atomic E-state index is 13.2. The third-order valence-electron chi connectivity index (χ3n) is 4.19. The van der Waals surface area contributed by atoms with Crippen molar-refractivity contribution in [3.63, 3.8) is 0 Å². The van der Waals surface area contributed by atoms with Gasteiger partial charge in [-0.3, -0.25) is 14.5 Å². The van der Waals surface area contributed by atoms with Gasteiger partial charge >= 0.3 is 0 Å². The first-order valence-electron chi connectivity index (χ1n) is 8.46. The topological polar surface area (TPSA) is 93.0 Å². The van der Waals surface area contributed by atoms with E-state index in [0.29, 0.717) is 16.8 Å². The van der Waals surface area contributed by atoms with Crippen molar-refractivity contribution in [3.05, 3.63) is 65.5 Å². The molecule has 0 atom stereocenters. The van der Waals surface area contributed by atoms with Crippen molar-refractivity contribution in [1.29, 1.82) is 0 Å². The molecule has 28 heavy (non-hydrogen) atoms. The Balaban J connectivity index is 1.98. The number of tetrazole rings is 1. The summed E-state index contributed by atoms with van der Waals surface area (Å²) in [4.78, 5) is 26.6. The predicted octanol–water partition coefficient (Wildman–Crippen LogP) is 1.34. The van der Waals surface area contributed by atoms with Crippen LogP contribution in [0.3, 0.4) is 0 Å². The number of benzene rings is 2. The highest BCUT2D eigenvalue weighted by Gasteiger charge is 2.21. The minimum atomic E-state index is -0.316. The molecule has 2 amide bonds. The Morgan fingerprint density at radius 2 is 2.07 bits per heavy atom. The lowest BCUT2D eigenvalue weighted by Crippen LogP contribution is -2.39. The molecule has 0 spiro atoms. The number of aromatic nitrogens is 4. The zero-order valence-corrected chi connectivity index (χ0v) is 15.5. The molecule has 0 unspecified atom stereocenters. The Morgan fingerprint density at radius 1 is 1.25 bits per heavy atom. The van der Waals surface area contributed by atoms with Crippen LogP contribution in [0.5, 0.6) is 0 Å². The average Bonchev–Trinajstić information content (AvgIpc) is 3.25. The first-order chi connectivity index (χ1) is 13.5. The summed E-state index contributed by atoms with van der Waals surface area (Å²) in [5.41, 5.74) is 3.18. The quantitative estimate of drug-likeness (QED) is 0.681. The standard InChI is InChI=1S/C20H18N6O2/c1-4-15-6-5-7-17(11-15)25(12-19(27)21-3)20(28)16-8-9-18(14(2)10-16)26-13-22-23-24-26/h1,5-11,13H,12H2,2-3H3,(H,21,27). The van der Waals surface area contributed by atoms with Crippen molar-refractivity contribution in [2.75, 3.05) is 18.5 Å². The summed E-state index contributed by atoms with van der Waals surface area (Å²) in [5.74, 6) is 1.93. The molecule has 1 N–H and O–H groups in total. The smallest absolute Gasteiger partial charge is 0.258 e. The molecule has 0 aliphatic rings. The van der Waals surface area contributed by atoms with Crippen molar-refractivity contribution in [2.24, 2.45) is 0 Å². The number of hydrogen-bond donors (Lipinski definition) is 1. The molecule has 0 saturated carbocycles. The first kappa shape index (κ1) is 18.8. The van der Waals surface area contributed by atoms with E-state index in [1.165, 1.54) is 23.0 Å². The molecule has 1 aromatic heterocycles. The predicted molar refractivity (Wildman–Crippen MR) is 104 cm³/mol. The Hall–Kier alpha value is -3.99. The van der Waals surface area contributed by atoms with Gasteiger partial charge in [-0.05, 0) is 59.3 Å². The maximum Gasteiger partial charge on any atom is 0.258 e. The fourth-order valence-electron chi connectivity index (χ4n) is 2.74. The van der Waals surface area contributed by atoms with Gasteiger partial charge in [0.25, 0.3) is 5.91 Å². The van der Waals surface area contributed by atoms with Gasteiger partial charge in [-0.1, -0.05) is 12.0 Å². The van der Waals surface area contributed by atoms with Crippen LogP contribution in [0.1, 0.15) is 21.5 Å². The number of hydrogen-bond acceptors (Lipinski definition) is 5. The van der Waals surface area contributed by atoms with Gasteiger partial charge in [0.1, 0.15) is 12.9 Å². The lowest BCUT2D eigenvalue weighted by molar-refractivity contribution is -0.119. The average molecular weight is 374 g/mol. The number of carbonyl (C=O) groups is 2. The molecule has 8 nitrogen and oxygen atoms in total. The van der Waals surface area contributed by atoms with Gasteiger partial charge in [0, 0.05) is 23.9 Å². The van der Waals surface area contributed by atoms with Crippen LogP contribution in [0.4, 0.5) is 5.69 Å². The Bertz CT molecular complexity index is 1050. The number of amides is 2. The summed E-state index contributed by atoms with van der Waals surface area (Å²) in [6, 6.07) is 12.1. The number of nitrogens with one attached hydrogen (secondary N) is 1. The SMILES string of the molecule is C#Cc1cccc(N(CC(=O)NC)C(=O)c2ccc(-n3cnnn3)c(C)c2)c1. The van der Waals surface area contributed by atoms with Crippen LogP contribution in [0, 0.1) is 19.3 Å². The molecule has 3 aromatic rings. The molecule has 2 aromatic carbocycles. The van der Waals surface area contributed by atoms with E-state index in [2.05, 4.69) is 26.8 Å². The molecule has 1 heterocycles. The maximum absolute atomic E-state index is 13.2. The van der Waals surface area contributed by atoms with Crippen molar-refractivity contribution >= 4 is 17.5 Å². The number of aryl methyl sites for hydroxylation is 1. The summed E-state index contributed by atoms with van der Waals surface area (Å²) in [6.07, 6.45) is 6.94. The van der Waals surface area contributed by atoms with Crippen LogP contribution in [-0.4, -0.2) is 45.6 Å². The van der Waals surface area contributed by atoms with E-state index in [0.717, 1.165) is 11.3 Å².